The Labute approximate surface area is 451 Å². The van der Waals surface area contributed by atoms with E-state index >= 15 is 0 Å². The van der Waals surface area contributed by atoms with Crippen molar-refractivity contribution in [3.05, 3.63) is 60.2 Å². The van der Waals surface area contributed by atoms with Gasteiger partial charge in [0, 0.05) is 28.4 Å². The van der Waals surface area contributed by atoms with E-state index in [1.54, 1.807) is 45.4 Å². The Balaban J connectivity index is 0.000000444. The number of nitrogens with one attached hydrogen (secondary N) is 8. The van der Waals surface area contributed by atoms with Gasteiger partial charge in [-0.3, -0.25) is 33.3 Å². The third kappa shape index (κ3) is 21.1. The van der Waals surface area contributed by atoms with Crippen LogP contribution in [0.5, 0.6) is 11.8 Å². The number of aromatic hydroxyl groups is 2. The van der Waals surface area contributed by atoms with Gasteiger partial charge in [0.25, 0.3) is 28.8 Å². The van der Waals surface area contributed by atoms with Crippen molar-refractivity contribution in [3.63, 3.8) is 0 Å². The van der Waals surface area contributed by atoms with Crippen LogP contribution >= 0.6 is 11.5 Å². The molecule has 4 atom stereocenters. The van der Waals surface area contributed by atoms with Gasteiger partial charge in [-0.15, -0.1) is 0 Å². The number of carbonyl (C=O) groups excluding carboxylic acids is 3. The van der Waals surface area contributed by atoms with Crippen LogP contribution in [0.1, 0.15) is 156 Å². The van der Waals surface area contributed by atoms with E-state index in [0.29, 0.717) is 5.69 Å². The summed E-state index contributed by atoms with van der Waals surface area (Å²) in [7, 11) is -8.65. The third-order valence-corrected chi connectivity index (χ3v) is 15.7. The molecule has 3 aliphatic heterocycles. The van der Waals surface area contributed by atoms with Crippen LogP contribution in [0.3, 0.4) is 0 Å². The van der Waals surface area contributed by atoms with E-state index in [-0.39, 0.29) is 80.0 Å². The normalized spacial score (nSPS) is 20.2. The van der Waals surface area contributed by atoms with Gasteiger partial charge in [-0.1, -0.05) is 84.2 Å². The van der Waals surface area contributed by atoms with Crippen LogP contribution < -0.4 is 36.3 Å². The molecule has 0 saturated carbocycles. The fourth-order valence-corrected chi connectivity index (χ4v) is 10.9. The Hall–Kier alpha value is -5.54. The number of carbonyl (C=O) groups is 3. The third-order valence-electron chi connectivity index (χ3n) is 9.97. The van der Waals surface area contributed by atoms with Crippen molar-refractivity contribution in [2.75, 3.05) is 0 Å². The van der Waals surface area contributed by atoms with Gasteiger partial charge < -0.3 is 20.5 Å². The zero-order chi connectivity index (χ0) is 59.7. The molecule has 7 heterocycles. The minimum Gasteiger partial charge on any atom is -0.493 e. The summed E-state index contributed by atoms with van der Waals surface area (Å²) in [5, 5.41) is 33.7. The quantitative estimate of drug-likeness (QED) is 0.138. The first-order valence-corrected chi connectivity index (χ1v) is 28.6. The molecule has 3 aliphatic rings. The first-order valence-electron chi connectivity index (χ1n) is 23.7. The number of imidazole rings is 1. The van der Waals surface area contributed by atoms with Crippen LogP contribution in [0.15, 0.2) is 32.8 Å². The van der Waals surface area contributed by atoms with Crippen LogP contribution in [0.4, 0.5) is 4.79 Å². The highest BCUT2D eigenvalue weighted by Crippen LogP contribution is 2.26. The molecular weight excluding hydrogens is 1070 g/mol. The lowest BCUT2D eigenvalue weighted by molar-refractivity contribution is -0.127. The number of H-pyrrole nitrogens is 4. The van der Waals surface area contributed by atoms with E-state index in [9.17, 15) is 54.9 Å². The molecule has 0 bridgehead atoms. The van der Waals surface area contributed by atoms with Gasteiger partial charge in [-0.2, -0.15) is 35.8 Å². The SMILES string of the molecule is CC(C)(C)C1NC(=O)S(=O)N1.CC(C)(C)c1[nH]c(=O)[nH]c1O.CC(C)(C)c1cc(=O)[nH]s1.CC(C)(C)n1cc(O)nn1.CC(C)(C)n1ncc(=O)[nH]1.CC(C)N1C(C)C(=O)NS1(=O)=O.CC1NS(=O)(=O)N(C(C)C)C1=O. The van der Waals surface area contributed by atoms with Gasteiger partial charge in [0.1, 0.15) is 18.3 Å². The van der Waals surface area contributed by atoms with E-state index in [0.717, 1.165) is 13.5 Å². The van der Waals surface area contributed by atoms with Crippen molar-refractivity contribution >= 4 is 60.0 Å². The van der Waals surface area contributed by atoms with Gasteiger partial charge >= 0.3 is 31.3 Å². The fraction of sp³-hybridized carbons (Fsp3) is 0.705. The zero-order valence-corrected chi connectivity index (χ0v) is 50.5. The van der Waals surface area contributed by atoms with E-state index in [1.807, 2.05) is 87.8 Å². The summed E-state index contributed by atoms with van der Waals surface area (Å²) in [5.74, 6) is -0.939. The molecule has 4 unspecified atom stereocenters. The number of hydrogen-bond acceptors (Lipinski definition) is 17. The highest BCUT2D eigenvalue weighted by Gasteiger charge is 2.43. The monoisotopic (exact) mass is 1160 g/mol. The zero-order valence-electron chi connectivity index (χ0n) is 47.3. The van der Waals surface area contributed by atoms with Gasteiger partial charge in [-0.25, -0.2) is 32.5 Å². The average Bonchev–Trinajstić information content (AvgIpc) is 4.10. The summed E-state index contributed by atoms with van der Waals surface area (Å²) in [6.07, 6.45) is 2.58. The van der Waals surface area contributed by atoms with Crippen LogP contribution in [0.2, 0.25) is 0 Å². The topological polar surface area (TPSA) is 395 Å². The molecule has 0 radical (unpaired) electrons. The Morgan fingerprint density at radius 2 is 1.30 bits per heavy atom. The molecule has 3 saturated heterocycles. The number of hydrogen-bond donors (Lipinski definition) is 10. The van der Waals surface area contributed by atoms with Gasteiger partial charge in [0.2, 0.25) is 5.88 Å². The predicted octanol–water partition coefficient (Wildman–Crippen LogP) is 2.76. The van der Waals surface area contributed by atoms with E-state index in [4.69, 9.17) is 5.11 Å². The van der Waals surface area contributed by atoms with Crippen LogP contribution in [-0.2, 0) is 62.9 Å². The molecule has 4 aromatic rings. The molecule has 3 fully saturated rings. The van der Waals surface area contributed by atoms with Crippen molar-refractivity contribution in [1.29, 1.82) is 0 Å². The Kier molecular flexibility index (Phi) is 23.6. The summed E-state index contributed by atoms with van der Waals surface area (Å²) < 4.78 is 68.8. The highest BCUT2D eigenvalue weighted by atomic mass is 32.2. The largest absolute Gasteiger partial charge is 0.493 e. The number of aromatic amines is 4. The van der Waals surface area contributed by atoms with Gasteiger partial charge in [0.05, 0.1) is 29.1 Å². The predicted molar refractivity (Wildman–Crippen MR) is 290 cm³/mol. The lowest BCUT2D eigenvalue weighted by Gasteiger charge is -2.25. The fourth-order valence-electron chi connectivity index (χ4n) is 6.01. The van der Waals surface area contributed by atoms with Crippen molar-refractivity contribution in [2.45, 2.75) is 198 Å². The minimum atomic E-state index is -3.55. The molecule has 4 aromatic heterocycles. The number of amides is 3. The molecule has 76 heavy (non-hydrogen) atoms. The van der Waals surface area contributed by atoms with E-state index in [1.165, 1.54) is 35.6 Å². The first-order chi connectivity index (χ1) is 34.0. The molecular formula is C44H81N15O13S4. The second-order valence-electron chi connectivity index (χ2n) is 23.0. The van der Waals surface area contributed by atoms with Gasteiger partial charge in [-0.05, 0) is 93.9 Å². The van der Waals surface area contributed by atoms with Crippen molar-refractivity contribution < 1.29 is 45.6 Å². The molecule has 0 spiro atoms. The first kappa shape index (κ1) is 68.5. The second kappa shape index (κ2) is 26.2. The molecule has 0 aromatic carbocycles. The lowest BCUT2D eigenvalue weighted by atomic mass is 9.93. The number of rotatable bonds is 2. The molecule has 0 aliphatic carbocycles. The smallest absolute Gasteiger partial charge is 0.325 e. The molecule has 434 valence electrons. The van der Waals surface area contributed by atoms with Crippen LogP contribution in [-0.4, -0.2) is 132 Å². The molecule has 7 rings (SSSR count). The molecule has 32 heteroatoms. The van der Waals surface area contributed by atoms with Crippen molar-refractivity contribution in [2.24, 2.45) is 5.41 Å². The maximum atomic E-state index is 11.2. The number of nitrogens with zero attached hydrogens (tertiary/aromatic N) is 7. The van der Waals surface area contributed by atoms with Crippen molar-refractivity contribution in [3.8, 4) is 11.8 Å². The molecule has 28 nitrogen and oxygen atoms in total. The highest BCUT2D eigenvalue weighted by molar-refractivity contribution is 7.98. The van der Waals surface area contributed by atoms with Crippen LogP contribution in [0, 0.1) is 5.41 Å². The second-order valence-corrected chi connectivity index (χ2v) is 28.2. The Bertz CT molecular complexity index is 2900. The summed E-state index contributed by atoms with van der Waals surface area (Å²) in [5.41, 5.74) is -0.439. The minimum absolute atomic E-state index is 0.00919. The van der Waals surface area contributed by atoms with Gasteiger partial charge in [0.15, 0.2) is 11.0 Å². The van der Waals surface area contributed by atoms with E-state index in [2.05, 4.69) is 70.4 Å². The Morgan fingerprint density at radius 1 is 0.750 bits per heavy atom. The summed E-state index contributed by atoms with van der Waals surface area (Å²) >= 11 is 1.42. The Morgan fingerprint density at radius 3 is 1.49 bits per heavy atom. The molecule has 3 amide bonds. The van der Waals surface area contributed by atoms with E-state index < -0.39 is 54.6 Å². The molecule has 10 N–H and O–H groups in total. The van der Waals surface area contributed by atoms with Crippen LogP contribution in [0.25, 0.3) is 0 Å². The number of aromatic nitrogens is 9. The maximum Gasteiger partial charge on any atom is 0.325 e. The summed E-state index contributed by atoms with van der Waals surface area (Å²) in [6.45, 7) is 39.6. The lowest BCUT2D eigenvalue weighted by Crippen LogP contribution is -2.43. The summed E-state index contributed by atoms with van der Waals surface area (Å²) in [6, 6.07) is -0.0682. The standard InChI is InChI=1S/C7H12N2O2.C7H11NOS.2C6H11N3O.2C6H12N2O3S.C6H12N2O2S/c1-7(2,3)4-5(10)9-6(11)8-4;1-7(2,3)5-4-6(9)8-10-5;1-6(2,3)9-4-5(10)7-8-9;1-6(2,3)9-7-4-5(10)8-9;1-4(2)8-5(3)6(9)7-12(8,10)11;1-4(2)8-6(9)5(3)7-12(8,10)11;1-6(2,3)4-7-5(9)11(10)8-4/h10H,1-3H3,(H2,8,9,11);4H,1-3H3,(H,8,9);4,10H,1-3H3;4H,1-3H3,(H,8,10);4-5H,1-3H3,(H,7,9);4-5,7H,1-3H3;4,8H,1-3H3,(H,7,9). The maximum absolute atomic E-state index is 11.2. The van der Waals surface area contributed by atoms with Crippen molar-refractivity contribution in [1.82, 2.24) is 72.4 Å². The summed E-state index contributed by atoms with van der Waals surface area (Å²) in [4.78, 5) is 72.4. The average molecular weight is 1160 g/mol.